The lowest BCUT2D eigenvalue weighted by Gasteiger charge is -2.21. The number of anilines is 1. The Balaban J connectivity index is 1.85. The van der Waals surface area contributed by atoms with Crippen LogP contribution in [0.15, 0.2) is 53.5 Å². The second-order valence-corrected chi connectivity index (χ2v) is 19.7. The summed E-state index contributed by atoms with van der Waals surface area (Å²) in [6, 6.07) is 1.24. The number of aromatic nitrogens is 2. The minimum Gasteiger partial charge on any atom is -0.462 e. The van der Waals surface area contributed by atoms with Gasteiger partial charge in [-0.05, 0) is 44.1 Å². The van der Waals surface area contributed by atoms with Crippen molar-refractivity contribution in [1.29, 1.82) is 0 Å². The third-order valence-corrected chi connectivity index (χ3v) is 13.5. The fourth-order valence-electron chi connectivity index (χ4n) is 6.83. The Morgan fingerprint density at radius 2 is 1.44 bits per heavy atom. The van der Waals surface area contributed by atoms with Crippen LogP contribution in [0.25, 0.3) is 0 Å². The zero-order valence-corrected chi connectivity index (χ0v) is 40.8. The highest BCUT2D eigenvalue weighted by Crippen LogP contribution is 2.60. The van der Waals surface area contributed by atoms with Crippen LogP contribution in [0.1, 0.15) is 155 Å². The van der Waals surface area contributed by atoms with E-state index < -0.39 is 89.8 Å². The molecule has 7 N–H and O–H groups in total. The topological polar surface area (TPSA) is 286 Å². The Hall–Kier alpha value is -3.06. The highest BCUT2D eigenvalue weighted by molar-refractivity contribution is 7.61. The fourth-order valence-corrected chi connectivity index (χ4v) is 8.94. The van der Waals surface area contributed by atoms with E-state index in [4.69, 9.17) is 29.0 Å². The van der Waals surface area contributed by atoms with Crippen molar-refractivity contribution >= 4 is 33.4 Å². The number of carbonyl (C=O) groups excluding carboxylic acids is 2. The quantitative estimate of drug-likeness (QED) is 0.0123. The van der Waals surface area contributed by atoms with Gasteiger partial charge in [-0.1, -0.05) is 141 Å². The standard InChI is InChI=1S/C45H77N3O16P2/c1-4-6-7-8-11-16-21-26-36(49)27-22-17-14-19-23-28-40(50)59-32-37(62-41(51)29-24-18-13-10-9-12-15-20-25-35(3)5-2)33-60-65(55,56)64-66(57,58)61-34-38-42(52)43(53)44(63-38)48-31-30-39(46)47-45(48)54/h6-7,11,16,21,26,30-31,35-38,42-44,49,52-53H,4-5,8-10,12-15,17-20,22-25,27-29,32-34H2,1-3H3,(H,55,56)(H,57,58)(H2,46,47,54)/b7-6+,16-11+,26-21+/t35?,36?,37-,38-,42-,43-,44-/m1/s1. The van der Waals surface area contributed by atoms with Gasteiger partial charge in [0.25, 0.3) is 0 Å². The first kappa shape index (κ1) is 59.1. The minimum absolute atomic E-state index is 0.0295. The van der Waals surface area contributed by atoms with Gasteiger partial charge in [-0.2, -0.15) is 9.29 Å². The van der Waals surface area contributed by atoms with E-state index in [-0.39, 0.29) is 18.7 Å². The summed E-state index contributed by atoms with van der Waals surface area (Å²) in [7, 11) is -10.9. The third-order valence-electron chi connectivity index (χ3n) is 10.9. The number of unbranched alkanes of at least 4 members (excludes halogenated alkanes) is 11. The molecule has 378 valence electrons. The van der Waals surface area contributed by atoms with Crippen molar-refractivity contribution in [3.05, 3.63) is 59.2 Å². The van der Waals surface area contributed by atoms with Gasteiger partial charge < -0.3 is 45.1 Å². The summed E-state index contributed by atoms with van der Waals surface area (Å²) >= 11 is 0. The number of carbonyl (C=O) groups is 2. The van der Waals surface area contributed by atoms with E-state index in [1.807, 2.05) is 18.2 Å². The number of phosphoric ester groups is 2. The Labute approximate surface area is 390 Å². The van der Waals surface area contributed by atoms with Gasteiger partial charge >= 0.3 is 33.3 Å². The van der Waals surface area contributed by atoms with E-state index in [2.05, 4.69) is 42.2 Å². The van der Waals surface area contributed by atoms with Gasteiger partial charge in [-0.15, -0.1) is 0 Å². The Kier molecular flexibility index (Phi) is 29.9. The van der Waals surface area contributed by atoms with Crippen LogP contribution in [-0.2, 0) is 46.3 Å². The molecule has 0 saturated carbocycles. The minimum atomic E-state index is -5.44. The number of allylic oxidation sites excluding steroid dienone is 5. The number of hydrogen-bond donors (Lipinski definition) is 6. The number of aliphatic hydroxyl groups is 3. The predicted octanol–water partition coefficient (Wildman–Crippen LogP) is 7.66. The second-order valence-electron chi connectivity index (χ2n) is 16.7. The molecule has 19 nitrogen and oxygen atoms in total. The molecule has 1 aliphatic rings. The molecule has 2 heterocycles. The van der Waals surface area contributed by atoms with Crippen molar-refractivity contribution < 1.29 is 71.4 Å². The Morgan fingerprint density at radius 1 is 0.833 bits per heavy atom. The zero-order valence-electron chi connectivity index (χ0n) is 39.0. The van der Waals surface area contributed by atoms with Crippen LogP contribution in [0.4, 0.5) is 5.82 Å². The van der Waals surface area contributed by atoms with Gasteiger partial charge in [0.1, 0.15) is 30.7 Å². The van der Waals surface area contributed by atoms with Crippen LogP contribution < -0.4 is 11.4 Å². The number of nitrogens with zero attached hydrogens (tertiary/aromatic N) is 2. The fraction of sp³-hybridized carbons (Fsp3) is 0.733. The number of phosphoric acid groups is 2. The van der Waals surface area contributed by atoms with Gasteiger partial charge in [-0.25, -0.2) is 13.9 Å². The maximum atomic E-state index is 12.8. The first-order chi connectivity index (χ1) is 31.5. The van der Waals surface area contributed by atoms with E-state index in [0.717, 1.165) is 80.9 Å². The van der Waals surface area contributed by atoms with Crippen LogP contribution >= 0.6 is 15.6 Å². The highest BCUT2D eigenvalue weighted by Gasteiger charge is 2.46. The SMILES string of the molecule is CC/C=C/C/C=C/C=C/C(O)CCCCCCCC(=O)OC[C@H](COP(=O)(O)OP(=O)(O)OC[C@H]1O[C@@H](n2ccc(N)nc2=O)[C@H](O)[C@@H]1O)OC(=O)CCCCCCCCCCC(C)CC. The maximum absolute atomic E-state index is 12.8. The lowest BCUT2D eigenvalue weighted by atomic mass is 9.99. The molecule has 1 aromatic rings. The van der Waals surface area contributed by atoms with Crippen LogP contribution in [0, 0.1) is 5.92 Å². The van der Waals surface area contributed by atoms with Gasteiger partial charge in [0.2, 0.25) is 0 Å². The smallest absolute Gasteiger partial charge is 0.462 e. The first-order valence-corrected chi connectivity index (χ1v) is 26.5. The lowest BCUT2D eigenvalue weighted by Crippen LogP contribution is -2.36. The summed E-state index contributed by atoms with van der Waals surface area (Å²) in [5.41, 5.74) is 4.57. The molecule has 1 aliphatic heterocycles. The van der Waals surface area contributed by atoms with Crippen LogP contribution in [0.5, 0.6) is 0 Å². The highest BCUT2D eigenvalue weighted by atomic mass is 31.3. The van der Waals surface area contributed by atoms with Gasteiger partial charge in [0.05, 0.1) is 19.3 Å². The van der Waals surface area contributed by atoms with Crippen LogP contribution in [0.3, 0.4) is 0 Å². The van der Waals surface area contributed by atoms with Crippen LogP contribution in [0.2, 0.25) is 0 Å². The number of nitrogens with two attached hydrogens (primary N) is 1. The van der Waals surface area contributed by atoms with E-state index in [1.54, 1.807) is 6.08 Å². The van der Waals surface area contributed by atoms with Crippen molar-refractivity contribution in [1.82, 2.24) is 9.55 Å². The third kappa shape index (κ3) is 26.5. The maximum Gasteiger partial charge on any atom is 0.481 e. The van der Waals surface area contributed by atoms with E-state index in [9.17, 15) is 48.6 Å². The molecule has 0 radical (unpaired) electrons. The molecule has 1 aromatic heterocycles. The first-order valence-electron chi connectivity index (χ1n) is 23.5. The summed E-state index contributed by atoms with van der Waals surface area (Å²) in [5.74, 6) is -0.626. The predicted molar refractivity (Wildman–Crippen MR) is 249 cm³/mol. The second kappa shape index (κ2) is 33.4. The summed E-state index contributed by atoms with van der Waals surface area (Å²) in [5, 5.41) is 31.0. The number of nitrogen functional groups attached to an aromatic ring is 1. The molecule has 9 atom stereocenters. The molecule has 66 heavy (non-hydrogen) atoms. The molecule has 4 unspecified atom stereocenters. The van der Waals surface area contributed by atoms with Crippen molar-refractivity contribution in [2.75, 3.05) is 25.6 Å². The largest absolute Gasteiger partial charge is 0.481 e. The van der Waals surface area contributed by atoms with Crippen molar-refractivity contribution in [3.8, 4) is 0 Å². The van der Waals surface area contributed by atoms with Crippen molar-refractivity contribution in [3.63, 3.8) is 0 Å². The Morgan fingerprint density at radius 3 is 2.08 bits per heavy atom. The molecule has 0 aliphatic carbocycles. The van der Waals surface area contributed by atoms with Crippen molar-refractivity contribution in [2.24, 2.45) is 5.92 Å². The molecular weight excluding hydrogens is 900 g/mol. The monoisotopic (exact) mass is 977 g/mol. The Bertz CT molecular complexity index is 1780. The molecule has 21 heteroatoms. The molecule has 0 spiro atoms. The summed E-state index contributed by atoms with van der Waals surface area (Å²) in [6.45, 7) is 4.18. The molecular formula is C45H77N3O16P2. The number of esters is 2. The molecule has 1 fully saturated rings. The zero-order chi connectivity index (χ0) is 48.8. The van der Waals surface area contributed by atoms with Gasteiger partial charge in [-0.3, -0.25) is 23.2 Å². The molecule has 2 rings (SSSR count). The number of aliphatic hydroxyl groups excluding tert-OH is 3. The summed E-state index contributed by atoms with van der Waals surface area (Å²) in [4.78, 5) is 61.7. The molecule has 0 bridgehead atoms. The number of hydrogen-bond acceptors (Lipinski definition) is 16. The molecule has 0 aromatic carbocycles. The number of rotatable bonds is 37. The van der Waals surface area contributed by atoms with E-state index in [1.165, 1.54) is 38.2 Å². The van der Waals surface area contributed by atoms with Gasteiger partial charge in [0, 0.05) is 19.0 Å². The van der Waals surface area contributed by atoms with Crippen molar-refractivity contribution in [2.45, 2.75) is 186 Å². The average molecular weight is 978 g/mol. The van der Waals surface area contributed by atoms with E-state index >= 15 is 0 Å². The van der Waals surface area contributed by atoms with E-state index in [0.29, 0.717) is 19.3 Å². The normalized spacial score (nSPS) is 21.0. The summed E-state index contributed by atoms with van der Waals surface area (Å²) < 4.78 is 56.6. The summed E-state index contributed by atoms with van der Waals surface area (Å²) in [6.07, 6.45) is 21.3. The lowest BCUT2D eigenvalue weighted by molar-refractivity contribution is -0.161. The molecule has 1 saturated heterocycles. The average Bonchev–Trinajstić information content (AvgIpc) is 3.54. The molecule has 0 amide bonds. The number of ether oxygens (including phenoxy) is 3. The van der Waals surface area contributed by atoms with Gasteiger partial charge in [0.15, 0.2) is 12.3 Å². The van der Waals surface area contributed by atoms with Crippen LogP contribution in [-0.4, -0.2) is 96.9 Å².